The molecule has 0 atom stereocenters. The van der Waals surface area contributed by atoms with Gasteiger partial charge in [0.2, 0.25) is 0 Å². The monoisotopic (exact) mass is 272 g/mol. The number of hydrogen-bond acceptors (Lipinski definition) is 3. The molecule has 0 aliphatic carbocycles. The molecule has 3 rings (SSSR count). The van der Waals surface area contributed by atoms with E-state index in [1.807, 2.05) is 12.3 Å². The van der Waals surface area contributed by atoms with E-state index in [4.69, 9.17) is 0 Å². The average Bonchev–Trinajstić information content (AvgIpc) is 3.05. The summed E-state index contributed by atoms with van der Waals surface area (Å²) < 4.78 is 2.07. The van der Waals surface area contributed by atoms with Crippen LogP contribution in [0.2, 0.25) is 0 Å². The number of fused-ring (bicyclic) bond motifs is 1. The number of nitrogens with zero attached hydrogens (tertiary/aromatic N) is 2. The van der Waals surface area contributed by atoms with Crippen molar-refractivity contribution in [2.24, 2.45) is 0 Å². The Labute approximate surface area is 114 Å². The van der Waals surface area contributed by atoms with Crippen molar-refractivity contribution in [2.75, 3.05) is 0 Å². The summed E-state index contributed by atoms with van der Waals surface area (Å²) in [6.45, 7) is 0.835. The number of benzene rings is 1. The van der Waals surface area contributed by atoms with Crippen molar-refractivity contribution in [3.63, 3.8) is 0 Å². The molecule has 0 unspecified atom stereocenters. The van der Waals surface area contributed by atoms with Crippen molar-refractivity contribution < 1.29 is 4.92 Å². The largest absolute Gasteiger partial charge is 0.347 e. The Hall–Kier alpha value is -2.14. The van der Waals surface area contributed by atoms with Crippen LogP contribution in [0.4, 0.5) is 5.69 Å². The number of aromatic nitrogens is 1. The van der Waals surface area contributed by atoms with Gasteiger partial charge in [-0.15, -0.1) is 0 Å². The second kappa shape index (κ2) is 4.85. The van der Waals surface area contributed by atoms with Crippen LogP contribution >= 0.6 is 11.3 Å². The first-order valence-electron chi connectivity index (χ1n) is 5.98. The molecule has 0 saturated carbocycles. The zero-order chi connectivity index (χ0) is 13.2. The van der Waals surface area contributed by atoms with Gasteiger partial charge < -0.3 is 4.57 Å². The molecule has 0 aliphatic rings. The lowest BCUT2D eigenvalue weighted by Gasteiger charge is -2.04. The van der Waals surface area contributed by atoms with E-state index < -0.39 is 0 Å². The van der Waals surface area contributed by atoms with Gasteiger partial charge in [0.25, 0.3) is 5.69 Å². The van der Waals surface area contributed by atoms with E-state index in [-0.39, 0.29) is 10.6 Å². The Kier molecular flexibility index (Phi) is 3.05. The van der Waals surface area contributed by atoms with Crippen LogP contribution < -0.4 is 0 Å². The van der Waals surface area contributed by atoms with E-state index in [1.54, 1.807) is 29.5 Å². The first-order chi connectivity index (χ1) is 9.24. The maximum absolute atomic E-state index is 10.8. The summed E-state index contributed by atoms with van der Waals surface area (Å²) in [6, 6.07) is 9.09. The zero-order valence-electron chi connectivity index (χ0n) is 10.2. The van der Waals surface area contributed by atoms with Gasteiger partial charge in [0.1, 0.15) is 0 Å². The molecule has 0 radical (unpaired) electrons. The van der Waals surface area contributed by atoms with Crippen molar-refractivity contribution in [2.45, 2.75) is 13.0 Å². The number of nitro benzene ring substituents is 1. The third kappa shape index (κ3) is 2.37. The molecule has 0 amide bonds. The third-order valence-electron chi connectivity index (χ3n) is 3.19. The molecule has 0 saturated heterocycles. The zero-order valence-corrected chi connectivity index (χ0v) is 11.0. The van der Waals surface area contributed by atoms with Crippen LogP contribution in [0.5, 0.6) is 0 Å². The smallest absolute Gasteiger partial charge is 0.271 e. The summed E-state index contributed by atoms with van der Waals surface area (Å²) >= 11 is 1.69. The predicted octanol–water partition coefficient (Wildman–Crippen LogP) is 3.85. The van der Waals surface area contributed by atoms with E-state index >= 15 is 0 Å². The first-order valence-corrected chi connectivity index (χ1v) is 6.93. The number of nitro groups is 1. The summed E-state index contributed by atoms with van der Waals surface area (Å²) in [6.07, 6.45) is 2.93. The Bertz CT molecular complexity index is 716. The van der Waals surface area contributed by atoms with Crippen molar-refractivity contribution in [3.05, 3.63) is 63.0 Å². The Morgan fingerprint density at radius 1 is 1.26 bits per heavy atom. The Balaban J connectivity index is 1.90. The predicted molar refractivity (Wildman–Crippen MR) is 76.6 cm³/mol. The van der Waals surface area contributed by atoms with Gasteiger partial charge in [-0.05, 0) is 40.9 Å². The minimum Gasteiger partial charge on any atom is -0.347 e. The highest BCUT2D eigenvalue weighted by molar-refractivity contribution is 7.07. The SMILES string of the molecule is O=[N+]([O-])c1ccc2ccn(CCc3ccsc3)c2c1. The van der Waals surface area contributed by atoms with Crippen LogP contribution in [0.3, 0.4) is 0 Å². The molecule has 96 valence electrons. The maximum atomic E-state index is 10.8. The van der Waals surface area contributed by atoms with Gasteiger partial charge in [-0.3, -0.25) is 10.1 Å². The molecule has 19 heavy (non-hydrogen) atoms. The highest BCUT2D eigenvalue weighted by atomic mass is 32.1. The van der Waals surface area contributed by atoms with Crippen LogP contribution in [-0.2, 0) is 13.0 Å². The Morgan fingerprint density at radius 3 is 2.89 bits per heavy atom. The van der Waals surface area contributed by atoms with Gasteiger partial charge in [0, 0.05) is 30.3 Å². The Morgan fingerprint density at radius 2 is 2.16 bits per heavy atom. The molecular weight excluding hydrogens is 260 g/mol. The van der Waals surface area contributed by atoms with Crippen LogP contribution in [0, 0.1) is 10.1 Å². The molecule has 0 spiro atoms. The molecule has 5 heteroatoms. The number of hydrogen-bond donors (Lipinski definition) is 0. The maximum Gasteiger partial charge on any atom is 0.271 e. The first kappa shape index (κ1) is 11.9. The van der Waals surface area contributed by atoms with Crippen molar-refractivity contribution in [1.29, 1.82) is 0 Å². The summed E-state index contributed by atoms with van der Waals surface area (Å²) in [4.78, 5) is 10.5. The second-order valence-electron chi connectivity index (χ2n) is 4.39. The van der Waals surface area contributed by atoms with Crippen LogP contribution in [0.25, 0.3) is 10.9 Å². The molecule has 4 nitrogen and oxygen atoms in total. The average molecular weight is 272 g/mol. The van der Waals surface area contributed by atoms with Crippen LogP contribution in [-0.4, -0.2) is 9.49 Å². The van der Waals surface area contributed by atoms with Gasteiger partial charge in [0.05, 0.1) is 10.4 Å². The highest BCUT2D eigenvalue weighted by Crippen LogP contribution is 2.22. The molecule has 0 fully saturated rings. The van der Waals surface area contributed by atoms with Gasteiger partial charge in [0.15, 0.2) is 0 Å². The lowest BCUT2D eigenvalue weighted by Crippen LogP contribution is -1.99. The molecule has 2 heterocycles. The molecule has 1 aromatic carbocycles. The number of aryl methyl sites for hydroxylation is 2. The highest BCUT2D eigenvalue weighted by Gasteiger charge is 2.09. The van der Waals surface area contributed by atoms with Crippen LogP contribution in [0.15, 0.2) is 47.3 Å². The lowest BCUT2D eigenvalue weighted by molar-refractivity contribution is -0.384. The molecule has 0 bridgehead atoms. The lowest BCUT2D eigenvalue weighted by atomic mass is 10.2. The van der Waals surface area contributed by atoms with Gasteiger partial charge in [-0.1, -0.05) is 0 Å². The van der Waals surface area contributed by atoms with Gasteiger partial charge in [-0.25, -0.2) is 0 Å². The molecule has 0 aliphatic heterocycles. The van der Waals surface area contributed by atoms with Crippen molar-refractivity contribution in [1.82, 2.24) is 4.57 Å². The molecule has 0 N–H and O–H groups in total. The fourth-order valence-corrected chi connectivity index (χ4v) is 2.87. The standard InChI is InChI=1S/C14H12N2O2S/c17-16(18)13-2-1-12-4-7-15(14(12)9-13)6-3-11-5-8-19-10-11/h1-2,4-5,7-10H,3,6H2. The minimum atomic E-state index is -0.352. The number of thiophene rings is 1. The second-order valence-corrected chi connectivity index (χ2v) is 5.17. The van der Waals surface area contributed by atoms with Crippen molar-refractivity contribution >= 4 is 27.9 Å². The molecular formula is C14H12N2O2S. The normalized spacial score (nSPS) is 10.9. The topological polar surface area (TPSA) is 48.1 Å². The number of rotatable bonds is 4. The van der Waals surface area contributed by atoms with E-state index in [9.17, 15) is 10.1 Å². The minimum absolute atomic E-state index is 0.142. The molecule has 3 aromatic rings. The quantitative estimate of drug-likeness (QED) is 0.535. The number of non-ortho nitro benzene ring substituents is 1. The van der Waals surface area contributed by atoms with Crippen LogP contribution in [0.1, 0.15) is 5.56 Å². The fourth-order valence-electron chi connectivity index (χ4n) is 2.17. The summed E-state index contributed by atoms with van der Waals surface area (Å²) in [5.41, 5.74) is 2.37. The summed E-state index contributed by atoms with van der Waals surface area (Å²) in [5, 5.41) is 16.1. The van der Waals surface area contributed by atoms with Crippen molar-refractivity contribution in [3.8, 4) is 0 Å². The van der Waals surface area contributed by atoms with Gasteiger partial charge in [-0.2, -0.15) is 11.3 Å². The fraction of sp³-hybridized carbons (Fsp3) is 0.143. The van der Waals surface area contributed by atoms with E-state index in [1.165, 1.54) is 5.56 Å². The van der Waals surface area contributed by atoms with E-state index in [0.29, 0.717) is 0 Å². The summed E-state index contributed by atoms with van der Waals surface area (Å²) in [7, 11) is 0. The summed E-state index contributed by atoms with van der Waals surface area (Å²) in [5.74, 6) is 0. The van der Waals surface area contributed by atoms with Gasteiger partial charge >= 0.3 is 0 Å². The van der Waals surface area contributed by atoms with E-state index in [2.05, 4.69) is 21.4 Å². The molecule has 2 aromatic heterocycles. The van der Waals surface area contributed by atoms with E-state index in [0.717, 1.165) is 23.9 Å². The third-order valence-corrected chi connectivity index (χ3v) is 3.92.